The molecule has 0 fully saturated rings. The number of guanidine groups is 1. The number of hydrogen-bond acceptors (Lipinski definition) is 3. The lowest BCUT2D eigenvalue weighted by molar-refractivity contribution is 0.326. The zero-order chi connectivity index (χ0) is 15.7. The highest BCUT2D eigenvalue weighted by Crippen LogP contribution is 2.10. The van der Waals surface area contributed by atoms with Gasteiger partial charge in [0.2, 0.25) is 5.88 Å². The van der Waals surface area contributed by atoms with Crippen molar-refractivity contribution >= 4 is 5.96 Å². The number of nitrogens with one attached hydrogen (secondary N) is 2. The average Bonchev–Trinajstić information content (AvgIpc) is 2.45. The summed E-state index contributed by atoms with van der Waals surface area (Å²) in [6.07, 6.45) is 1.76. The number of nitrogens with zero attached hydrogens (tertiary/aromatic N) is 2. The summed E-state index contributed by atoms with van der Waals surface area (Å²) < 4.78 is 5.41. The van der Waals surface area contributed by atoms with Crippen LogP contribution in [-0.2, 0) is 6.54 Å². The molecule has 0 radical (unpaired) electrons. The molecule has 1 aromatic rings. The van der Waals surface area contributed by atoms with E-state index in [1.54, 1.807) is 6.20 Å². The van der Waals surface area contributed by atoms with Gasteiger partial charge in [0, 0.05) is 24.8 Å². The van der Waals surface area contributed by atoms with Gasteiger partial charge in [0.05, 0.1) is 13.2 Å². The molecule has 5 heteroatoms. The number of aliphatic imine (C=N–C) groups is 1. The van der Waals surface area contributed by atoms with Crippen LogP contribution in [0, 0.1) is 5.92 Å². The van der Waals surface area contributed by atoms with Crippen LogP contribution in [0.15, 0.2) is 23.3 Å². The maximum absolute atomic E-state index is 5.41. The number of hydrogen-bond donors (Lipinski definition) is 2. The SMILES string of the molecule is CCNC(=NCc1ccnc(OCC)c1)NC(C)C(C)C. The Morgan fingerprint density at radius 1 is 1.33 bits per heavy atom. The van der Waals surface area contributed by atoms with Crippen molar-refractivity contribution in [2.24, 2.45) is 10.9 Å². The van der Waals surface area contributed by atoms with Crippen molar-refractivity contribution in [1.82, 2.24) is 15.6 Å². The second-order valence-electron chi connectivity index (χ2n) is 5.31. The first-order valence-corrected chi connectivity index (χ1v) is 7.69. The number of pyridine rings is 1. The summed E-state index contributed by atoms with van der Waals surface area (Å²) in [4.78, 5) is 8.78. The first-order chi connectivity index (χ1) is 10.1. The van der Waals surface area contributed by atoms with Crippen LogP contribution in [0.3, 0.4) is 0 Å². The van der Waals surface area contributed by atoms with E-state index in [-0.39, 0.29) is 0 Å². The Bertz CT molecular complexity index is 446. The van der Waals surface area contributed by atoms with Gasteiger partial charge in [-0.05, 0) is 38.3 Å². The molecule has 1 aromatic heterocycles. The highest BCUT2D eigenvalue weighted by atomic mass is 16.5. The van der Waals surface area contributed by atoms with E-state index in [2.05, 4.69) is 48.3 Å². The minimum absolute atomic E-state index is 0.374. The van der Waals surface area contributed by atoms with E-state index in [1.807, 2.05) is 19.1 Å². The maximum Gasteiger partial charge on any atom is 0.213 e. The van der Waals surface area contributed by atoms with Gasteiger partial charge in [-0.1, -0.05) is 13.8 Å². The van der Waals surface area contributed by atoms with Crippen LogP contribution in [0.1, 0.15) is 40.2 Å². The summed E-state index contributed by atoms with van der Waals surface area (Å²) >= 11 is 0. The summed E-state index contributed by atoms with van der Waals surface area (Å²) in [5.41, 5.74) is 1.09. The molecule has 118 valence electrons. The lowest BCUT2D eigenvalue weighted by Gasteiger charge is -2.20. The highest BCUT2D eigenvalue weighted by Gasteiger charge is 2.08. The van der Waals surface area contributed by atoms with E-state index < -0.39 is 0 Å². The topological polar surface area (TPSA) is 58.5 Å². The maximum atomic E-state index is 5.41. The van der Waals surface area contributed by atoms with Crippen LogP contribution < -0.4 is 15.4 Å². The molecular weight excluding hydrogens is 264 g/mol. The molecule has 0 aliphatic rings. The molecule has 0 saturated carbocycles. The Labute approximate surface area is 128 Å². The van der Waals surface area contributed by atoms with Crippen molar-refractivity contribution in [3.8, 4) is 5.88 Å². The minimum Gasteiger partial charge on any atom is -0.478 e. The van der Waals surface area contributed by atoms with Crippen molar-refractivity contribution in [1.29, 1.82) is 0 Å². The van der Waals surface area contributed by atoms with Gasteiger partial charge in [0.25, 0.3) is 0 Å². The smallest absolute Gasteiger partial charge is 0.213 e. The van der Waals surface area contributed by atoms with Crippen molar-refractivity contribution in [2.75, 3.05) is 13.2 Å². The van der Waals surface area contributed by atoms with Crippen LogP contribution in [0.2, 0.25) is 0 Å². The first kappa shape index (κ1) is 17.3. The van der Waals surface area contributed by atoms with Crippen LogP contribution in [0.25, 0.3) is 0 Å². The zero-order valence-electron chi connectivity index (χ0n) is 13.8. The summed E-state index contributed by atoms with van der Waals surface area (Å²) in [5, 5.41) is 6.69. The van der Waals surface area contributed by atoms with Crippen LogP contribution in [-0.4, -0.2) is 30.1 Å². The largest absolute Gasteiger partial charge is 0.478 e. The van der Waals surface area contributed by atoms with Gasteiger partial charge in [-0.3, -0.25) is 0 Å². The summed E-state index contributed by atoms with van der Waals surface area (Å²) in [6, 6.07) is 4.27. The van der Waals surface area contributed by atoms with E-state index in [1.165, 1.54) is 0 Å². The second-order valence-corrected chi connectivity index (χ2v) is 5.31. The van der Waals surface area contributed by atoms with Gasteiger partial charge in [-0.15, -0.1) is 0 Å². The first-order valence-electron chi connectivity index (χ1n) is 7.69. The fourth-order valence-corrected chi connectivity index (χ4v) is 1.65. The fraction of sp³-hybridized carbons (Fsp3) is 0.625. The van der Waals surface area contributed by atoms with Gasteiger partial charge in [0.15, 0.2) is 5.96 Å². The van der Waals surface area contributed by atoms with Gasteiger partial charge >= 0.3 is 0 Å². The van der Waals surface area contributed by atoms with Gasteiger partial charge < -0.3 is 15.4 Å². The van der Waals surface area contributed by atoms with Crippen molar-refractivity contribution in [2.45, 2.75) is 47.2 Å². The van der Waals surface area contributed by atoms with Crippen molar-refractivity contribution < 1.29 is 4.74 Å². The minimum atomic E-state index is 0.374. The van der Waals surface area contributed by atoms with Gasteiger partial charge in [0.1, 0.15) is 0 Å². The van der Waals surface area contributed by atoms with E-state index in [0.29, 0.717) is 31.0 Å². The molecule has 2 N–H and O–H groups in total. The van der Waals surface area contributed by atoms with Crippen molar-refractivity contribution in [3.05, 3.63) is 23.9 Å². The molecule has 21 heavy (non-hydrogen) atoms. The molecule has 5 nitrogen and oxygen atoms in total. The Morgan fingerprint density at radius 3 is 2.71 bits per heavy atom. The fourth-order valence-electron chi connectivity index (χ4n) is 1.65. The van der Waals surface area contributed by atoms with Crippen LogP contribution in [0.5, 0.6) is 5.88 Å². The summed E-state index contributed by atoms with van der Waals surface area (Å²) in [7, 11) is 0. The quantitative estimate of drug-likeness (QED) is 0.599. The Morgan fingerprint density at radius 2 is 2.10 bits per heavy atom. The monoisotopic (exact) mass is 292 g/mol. The molecule has 1 rings (SSSR count). The molecule has 1 heterocycles. The Kier molecular flexibility index (Phi) is 7.58. The second kappa shape index (κ2) is 9.21. The van der Waals surface area contributed by atoms with E-state index in [4.69, 9.17) is 4.74 Å². The zero-order valence-corrected chi connectivity index (χ0v) is 13.8. The van der Waals surface area contributed by atoms with Gasteiger partial charge in [-0.2, -0.15) is 0 Å². The summed E-state index contributed by atoms with van der Waals surface area (Å²) in [6.45, 7) is 12.6. The normalized spacial score (nSPS) is 13.1. The standard InChI is InChI=1S/C16H28N4O/c1-6-17-16(20-13(5)12(3)4)19-11-14-8-9-18-15(10-14)21-7-2/h8-10,12-13H,6-7,11H2,1-5H3,(H2,17,19,20). The average molecular weight is 292 g/mol. The molecule has 1 atom stereocenters. The lowest BCUT2D eigenvalue weighted by atomic mass is 10.1. The third-order valence-corrected chi connectivity index (χ3v) is 3.22. The number of rotatable bonds is 7. The third kappa shape index (κ3) is 6.47. The Balaban J connectivity index is 2.70. The molecule has 0 aromatic carbocycles. The van der Waals surface area contributed by atoms with Crippen LogP contribution in [0.4, 0.5) is 0 Å². The molecule has 0 saturated heterocycles. The predicted molar refractivity (Wildman–Crippen MR) is 87.7 cm³/mol. The summed E-state index contributed by atoms with van der Waals surface area (Å²) in [5.74, 6) is 2.05. The molecular formula is C16H28N4O. The highest BCUT2D eigenvalue weighted by molar-refractivity contribution is 5.80. The number of aromatic nitrogens is 1. The predicted octanol–water partition coefficient (Wildman–Crippen LogP) is 2.58. The van der Waals surface area contributed by atoms with E-state index >= 15 is 0 Å². The number of ether oxygens (including phenoxy) is 1. The molecule has 0 spiro atoms. The molecule has 0 bridgehead atoms. The van der Waals surface area contributed by atoms with E-state index in [0.717, 1.165) is 18.1 Å². The lowest BCUT2D eigenvalue weighted by Crippen LogP contribution is -2.44. The third-order valence-electron chi connectivity index (χ3n) is 3.22. The van der Waals surface area contributed by atoms with Crippen LogP contribution >= 0.6 is 0 Å². The Hall–Kier alpha value is -1.78. The molecule has 0 aliphatic carbocycles. The van der Waals surface area contributed by atoms with Crippen molar-refractivity contribution in [3.63, 3.8) is 0 Å². The molecule has 1 unspecified atom stereocenters. The molecule has 0 aliphatic heterocycles. The van der Waals surface area contributed by atoms with E-state index in [9.17, 15) is 0 Å². The molecule has 0 amide bonds. The van der Waals surface area contributed by atoms with Gasteiger partial charge in [-0.25, -0.2) is 9.98 Å².